The van der Waals surface area contributed by atoms with Crippen molar-refractivity contribution in [2.75, 3.05) is 5.43 Å². The van der Waals surface area contributed by atoms with Crippen LogP contribution in [-0.2, 0) is 4.79 Å². The van der Waals surface area contributed by atoms with Gasteiger partial charge >= 0.3 is 0 Å². The average molecular weight is 301 g/mol. The number of ketones is 1. The van der Waals surface area contributed by atoms with Gasteiger partial charge in [0.05, 0.1) is 10.6 Å². The molecular formula is C16H19N3O3. The molecule has 6 heteroatoms. The van der Waals surface area contributed by atoms with Gasteiger partial charge in [-0.15, -0.1) is 0 Å². The minimum absolute atomic E-state index is 0.0304. The molecule has 0 aromatic heterocycles. The van der Waals surface area contributed by atoms with E-state index in [0.29, 0.717) is 11.4 Å². The van der Waals surface area contributed by atoms with E-state index in [9.17, 15) is 14.9 Å². The second-order valence-corrected chi connectivity index (χ2v) is 6.89. The monoisotopic (exact) mass is 301 g/mol. The summed E-state index contributed by atoms with van der Waals surface area (Å²) < 4.78 is 0. The van der Waals surface area contributed by atoms with Crippen molar-refractivity contribution in [2.24, 2.45) is 21.8 Å². The zero-order valence-electron chi connectivity index (χ0n) is 12.9. The number of nitrogens with one attached hydrogen (secondary N) is 1. The molecule has 2 bridgehead atoms. The van der Waals surface area contributed by atoms with Crippen LogP contribution in [0.3, 0.4) is 0 Å². The SMILES string of the molecule is CC12CCC(/C(=N/Nc3ccc([N+](=O)[O-])cc3)C1=O)C2(C)C. The van der Waals surface area contributed by atoms with Gasteiger partial charge in [0, 0.05) is 23.5 Å². The van der Waals surface area contributed by atoms with E-state index in [-0.39, 0.29) is 28.2 Å². The molecule has 1 aromatic carbocycles. The highest BCUT2D eigenvalue weighted by Gasteiger charge is 2.65. The van der Waals surface area contributed by atoms with Crippen molar-refractivity contribution in [2.45, 2.75) is 33.6 Å². The molecule has 116 valence electrons. The lowest BCUT2D eigenvalue weighted by Gasteiger charge is -2.31. The van der Waals surface area contributed by atoms with Crippen molar-refractivity contribution in [3.8, 4) is 0 Å². The molecule has 0 saturated heterocycles. The van der Waals surface area contributed by atoms with Crippen LogP contribution in [0.4, 0.5) is 11.4 Å². The lowest BCUT2D eigenvalue weighted by Crippen LogP contribution is -2.33. The molecular weight excluding hydrogens is 282 g/mol. The fourth-order valence-electron chi connectivity index (χ4n) is 3.74. The third-order valence-corrected chi connectivity index (χ3v) is 5.67. The molecule has 6 nitrogen and oxygen atoms in total. The molecule has 2 aliphatic rings. The summed E-state index contributed by atoms with van der Waals surface area (Å²) in [5.74, 6) is 0.304. The maximum Gasteiger partial charge on any atom is 0.269 e. The fraction of sp³-hybridized carbons (Fsp3) is 0.500. The van der Waals surface area contributed by atoms with Gasteiger partial charge in [-0.3, -0.25) is 20.3 Å². The largest absolute Gasteiger partial charge is 0.292 e. The number of hydrogen-bond donors (Lipinski definition) is 1. The predicted molar refractivity (Wildman–Crippen MR) is 83.8 cm³/mol. The van der Waals surface area contributed by atoms with Crippen molar-refractivity contribution in [3.05, 3.63) is 34.4 Å². The zero-order chi connectivity index (χ0) is 16.1. The van der Waals surface area contributed by atoms with Gasteiger partial charge in [0.25, 0.3) is 5.69 Å². The summed E-state index contributed by atoms with van der Waals surface area (Å²) >= 11 is 0. The summed E-state index contributed by atoms with van der Waals surface area (Å²) in [7, 11) is 0. The summed E-state index contributed by atoms with van der Waals surface area (Å²) in [6.07, 6.45) is 1.90. The number of nitrogens with zero attached hydrogens (tertiary/aromatic N) is 2. The highest BCUT2D eigenvalue weighted by Crippen LogP contribution is 2.62. The molecule has 0 aliphatic heterocycles. The third kappa shape index (κ3) is 1.86. The molecule has 2 unspecified atom stereocenters. The first-order chi connectivity index (χ1) is 10.3. The number of hydrogen-bond acceptors (Lipinski definition) is 5. The number of anilines is 1. The number of nitro groups is 1. The number of Topliss-reactive ketones (excluding diaryl/α,β-unsaturated/α-hetero) is 1. The van der Waals surface area contributed by atoms with Gasteiger partial charge in [0.1, 0.15) is 5.71 Å². The molecule has 2 aliphatic carbocycles. The Bertz CT molecular complexity index is 678. The van der Waals surface area contributed by atoms with Crippen molar-refractivity contribution in [3.63, 3.8) is 0 Å². The molecule has 22 heavy (non-hydrogen) atoms. The first-order valence-corrected chi connectivity index (χ1v) is 7.40. The van der Waals surface area contributed by atoms with E-state index in [4.69, 9.17) is 0 Å². The fourth-order valence-corrected chi connectivity index (χ4v) is 3.74. The Labute approximate surface area is 128 Å². The van der Waals surface area contributed by atoms with Crippen LogP contribution < -0.4 is 5.43 Å². The second-order valence-electron chi connectivity index (χ2n) is 6.89. The van der Waals surface area contributed by atoms with Gasteiger partial charge in [0.15, 0.2) is 5.78 Å². The van der Waals surface area contributed by atoms with Gasteiger partial charge < -0.3 is 0 Å². The topological polar surface area (TPSA) is 84.6 Å². The van der Waals surface area contributed by atoms with Crippen LogP contribution in [0.25, 0.3) is 0 Å². The number of non-ortho nitro benzene ring substituents is 1. The van der Waals surface area contributed by atoms with E-state index in [1.54, 1.807) is 12.1 Å². The van der Waals surface area contributed by atoms with Crippen molar-refractivity contribution < 1.29 is 9.72 Å². The van der Waals surface area contributed by atoms with E-state index >= 15 is 0 Å². The minimum atomic E-state index is -0.446. The Morgan fingerprint density at radius 1 is 1.27 bits per heavy atom. The standard InChI is InChI=1S/C16H19N3O3/c1-15(2)12-8-9-16(15,3)14(20)13(12)18-17-10-4-6-11(7-5-10)19(21)22/h4-7,12,17H,8-9H2,1-3H3/b18-13-. The molecule has 0 radical (unpaired) electrons. The van der Waals surface area contributed by atoms with Gasteiger partial charge in [-0.2, -0.15) is 5.10 Å². The Balaban J connectivity index is 1.82. The Morgan fingerprint density at radius 2 is 1.91 bits per heavy atom. The van der Waals surface area contributed by atoms with Gasteiger partial charge in [-0.25, -0.2) is 0 Å². The zero-order valence-corrected chi connectivity index (χ0v) is 12.9. The normalized spacial score (nSPS) is 30.8. The van der Waals surface area contributed by atoms with E-state index < -0.39 is 4.92 Å². The summed E-state index contributed by atoms with van der Waals surface area (Å²) in [5, 5.41) is 14.9. The van der Waals surface area contributed by atoms with E-state index in [1.165, 1.54) is 12.1 Å². The maximum atomic E-state index is 12.6. The van der Waals surface area contributed by atoms with Crippen LogP contribution in [0.1, 0.15) is 33.6 Å². The van der Waals surface area contributed by atoms with Crippen molar-refractivity contribution in [1.29, 1.82) is 0 Å². The summed E-state index contributed by atoms with van der Waals surface area (Å²) in [6, 6.07) is 6.01. The number of hydrazone groups is 1. The second kappa shape index (κ2) is 4.63. The molecule has 1 N–H and O–H groups in total. The lowest BCUT2D eigenvalue weighted by atomic mass is 9.70. The van der Waals surface area contributed by atoms with Crippen molar-refractivity contribution in [1.82, 2.24) is 0 Å². The van der Waals surface area contributed by atoms with E-state index in [0.717, 1.165) is 12.8 Å². The van der Waals surface area contributed by atoms with Crippen LogP contribution in [0.15, 0.2) is 29.4 Å². The van der Waals surface area contributed by atoms with Crippen LogP contribution in [0.2, 0.25) is 0 Å². The van der Waals surface area contributed by atoms with Gasteiger partial charge in [-0.1, -0.05) is 20.8 Å². The minimum Gasteiger partial charge on any atom is -0.292 e. The van der Waals surface area contributed by atoms with E-state index in [2.05, 4.69) is 24.4 Å². The highest BCUT2D eigenvalue weighted by atomic mass is 16.6. The third-order valence-electron chi connectivity index (χ3n) is 5.67. The Hall–Kier alpha value is -2.24. The molecule has 0 spiro atoms. The first-order valence-electron chi connectivity index (χ1n) is 7.40. The molecule has 1 aromatic rings. The molecule has 0 amide bonds. The molecule has 2 saturated carbocycles. The van der Waals surface area contributed by atoms with Crippen LogP contribution >= 0.6 is 0 Å². The quantitative estimate of drug-likeness (QED) is 0.685. The van der Waals surface area contributed by atoms with Crippen molar-refractivity contribution >= 4 is 22.9 Å². The lowest BCUT2D eigenvalue weighted by molar-refractivity contribution is -0.384. The van der Waals surface area contributed by atoms with Crippen LogP contribution in [0, 0.1) is 26.9 Å². The number of carbonyl (C=O) groups is 1. The number of nitro benzene ring substituents is 1. The van der Waals surface area contributed by atoms with Gasteiger partial charge in [0.2, 0.25) is 0 Å². The molecule has 3 rings (SSSR count). The van der Waals surface area contributed by atoms with Crippen LogP contribution in [-0.4, -0.2) is 16.4 Å². The maximum absolute atomic E-state index is 12.6. The van der Waals surface area contributed by atoms with Gasteiger partial charge in [-0.05, 0) is 30.4 Å². The number of benzene rings is 1. The van der Waals surface area contributed by atoms with E-state index in [1.807, 2.05) is 6.92 Å². The number of carbonyl (C=O) groups excluding carboxylic acids is 1. The Morgan fingerprint density at radius 3 is 2.41 bits per heavy atom. The summed E-state index contributed by atoms with van der Waals surface area (Å²) in [6.45, 7) is 6.30. The highest BCUT2D eigenvalue weighted by molar-refractivity contribution is 6.45. The summed E-state index contributed by atoms with van der Waals surface area (Å²) in [4.78, 5) is 22.8. The first kappa shape index (κ1) is 14.7. The average Bonchev–Trinajstić information content (AvgIpc) is 2.78. The van der Waals surface area contributed by atoms with Crippen LogP contribution in [0.5, 0.6) is 0 Å². The molecule has 0 heterocycles. The molecule has 2 fully saturated rings. The molecule has 2 atom stereocenters. The number of rotatable bonds is 3. The summed E-state index contributed by atoms with van der Waals surface area (Å²) in [5.41, 5.74) is 3.75. The smallest absolute Gasteiger partial charge is 0.269 e. The predicted octanol–water partition coefficient (Wildman–Crippen LogP) is 3.39. The number of fused-ring (bicyclic) bond motifs is 2. The Kier molecular flexibility index (Phi) is 3.09.